The second-order valence-corrected chi connectivity index (χ2v) is 8.43. The number of hydrogen-bond acceptors (Lipinski definition) is 4. The fourth-order valence-corrected chi connectivity index (χ4v) is 3.73. The number of aliphatic hydroxyl groups is 1. The van der Waals surface area contributed by atoms with E-state index in [2.05, 4.69) is 12.1 Å². The van der Waals surface area contributed by atoms with Gasteiger partial charge in [0.2, 0.25) is 0 Å². The van der Waals surface area contributed by atoms with Gasteiger partial charge in [-0.1, -0.05) is 30.3 Å². The Balaban J connectivity index is 2.01. The Morgan fingerprint density at radius 2 is 1.90 bits per heavy atom. The summed E-state index contributed by atoms with van der Waals surface area (Å²) in [6.07, 6.45) is 3.53. The van der Waals surface area contributed by atoms with Crippen molar-refractivity contribution in [2.24, 2.45) is 0 Å². The Kier molecular flexibility index (Phi) is 5.41. The van der Waals surface area contributed by atoms with E-state index in [1.807, 2.05) is 30.1 Å². The van der Waals surface area contributed by atoms with Gasteiger partial charge in [0.1, 0.15) is 9.84 Å². The predicted molar refractivity (Wildman–Crippen MR) is 85.2 cm³/mol. The zero-order valence-electron chi connectivity index (χ0n) is 12.8. The molecule has 21 heavy (non-hydrogen) atoms. The van der Waals surface area contributed by atoms with Crippen LogP contribution in [0.5, 0.6) is 0 Å². The van der Waals surface area contributed by atoms with Crippen LogP contribution in [0.3, 0.4) is 0 Å². The van der Waals surface area contributed by atoms with Gasteiger partial charge in [0.25, 0.3) is 0 Å². The maximum absolute atomic E-state index is 11.3. The van der Waals surface area contributed by atoms with Crippen molar-refractivity contribution in [3.63, 3.8) is 0 Å². The molecule has 0 aliphatic heterocycles. The monoisotopic (exact) mass is 311 g/mol. The summed E-state index contributed by atoms with van der Waals surface area (Å²) in [7, 11) is -1.06. The molecular formula is C16H25NO3S. The first-order valence-electron chi connectivity index (χ1n) is 7.48. The lowest BCUT2D eigenvalue weighted by atomic mass is 9.79. The van der Waals surface area contributed by atoms with Crippen molar-refractivity contribution in [2.75, 3.05) is 25.6 Å². The van der Waals surface area contributed by atoms with Crippen molar-refractivity contribution in [1.82, 2.24) is 4.90 Å². The third kappa shape index (κ3) is 4.80. The van der Waals surface area contributed by atoms with E-state index in [-0.39, 0.29) is 17.9 Å². The number of likely N-dealkylation sites (N-methyl/N-ethyl adjacent to an activating group) is 1. The van der Waals surface area contributed by atoms with Crippen molar-refractivity contribution in [3.8, 4) is 0 Å². The van der Waals surface area contributed by atoms with Crippen LogP contribution in [-0.2, 0) is 9.84 Å². The molecule has 1 saturated carbocycles. The van der Waals surface area contributed by atoms with Gasteiger partial charge >= 0.3 is 0 Å². The van der Waals surface area contributed by atoms with Gasteiger partial charge in [-0.05, 0) is 37.8 Å². The van der Waals surface area contributed by atoms with Gasteiger partial charge < -0.3 is 5.11 Å². The molecule has 0 radical (unpaired) electrons. The van der Waals surface area contributed by atoms with Gasteiger partial charge in [-0.3, -0.25) is 4.90 Å². The fraction of sp³-hybridized carbons (Fsp3) is 0.625. The average Bonchev–Trinajstić information content (AvgIpc) is 2.45. The fourth-order valence-electron chi connectivity index (χ4n) is 3.11. The van der Waals surface area contributed by atoms with Crippen molar-refractivity contribution >= 4 is 9.84 Å². The molecule has 1 fully saturated rings. The quantitative estimate of drug-likeness (QED) is 0.898. The van der Waals surface area contributed by atoms with Crippen LogP contribution in [0, 0.1) is 0 Å². The molecule has 0 spiro atoms. The minimum absolute atomic E-state index is 0.0331. The normalized spacial score (nSPS) is 27.0. The molecule has 0 heterocycles. The van der Waals surface area contributed by atoms with E-state index in [4.69, 9.17) is 0 Å². The van der Waals surface area contributed by atoms with Crippen LogP contribution in [0.1, 0.15) is 30.7 Å². The van der Waals surface area contributed by atoms with E-state index in [1.165, 1.54) is 11.8 Å². The van der Waals surface area contributed by atoms with Crippen LogP contribution in [0.25, 0.3) is 0 Å². The second-order valence-electron chi connectivity index (χ2n) is 6.17. The van der Waals surface area contributed by atoms with E-state index >= 15 is 0 Å². The van der Waals surface area contributed by atoms with E-state index < -0.39 is 9.84 Å². The predicted octanol–water partition coefficient (Wildman–Crippen LogP) is 1.66. The van der Waals surface area contributed by atoms with Crippen LogP contribution in [0.4, 0.5) is 0 Å². The molecule has 0 amide bonds. The molecule has 1 aromatic rings. The molecule has 118 valence electrons. The summed E-state index contributed by atoms with van der Waals surface area (Å²) >= 11 is 0. The van der Waals surface area contributed by atoms with Crippen molar-refractivity contribution in [2.45, 2.75) is 37.3 Å². The second kappa shape index (κ2) is 6.90. The molecule has 1 aliphatic carbocycles. The number of rotatable bonds is 5. The highest BCUT2D eigenvalue weighted by Crippen LogP contribution is 2.34. The Hall–Kier alpha value is -0.910. The molecule has 1 aromatic carbocycles. The highest BCUT2D eigenvalue weighted by Gasteiger charge is 2.32. The summed E-state index contributed by atoms with van der Waals surface area (Å²) in [5.41, 5.74) is 1.31. The van der Waals surface area contributed by atoms with Crippen molar-refractivity contribution in [1.29, 1.82) is 0 Å². The average molecular weight is 311 g/mol. The lowest BCUT2D eigenvalue weighted by molar-refractivity contribution is 0.0281. The molecule has 3 atom stereocenters. The van der Waals surface area contributed by atoms with E-state index in [0.29, 0.717) is 12.5 Å². The van der Waals surface area contributed by atoms with Crippen LogP contribution >= 0.6 is 0 Å². The van der Waals surface area contributed by atoms with Crippen LogP contribution < -0.4 is 0 Å². The number of nitrogens with zero attached hydrogens (tertiary/aromatic N) is 1. The summed E-state index contributed by atoms with van der Waals surface area (Å²) in [6, 6.07) is 10.4. The summed E-state index contributed by atoms with van der Waals surface area (Å²) in [4.78, 5) is 2.00. The molecular weight excluding hydrogens is 286 g/mol. The Labute approximate surface area is 127 Å². The van der Waals surface area contributed by atoms with E-state index in [0.717, 1.165) is 19.3 Å². The maximum Gasteiger partial charge on any atom is 0.148 e. The minimum atomic E-state index is -2.96. The lowest BCUT2D eigenvalue weighted by Gasteiger charge is -2.39. The highest BCUT2D eigenvalue weighted by molar-refractivity contribution is 7.90. The smallest absolute Gasteiger partial charge is 0.148 e. The Morgan fingerprint density at radius 3 is 2.52 bits per heavy atom. The first-order valence-corrected chi connectivity index (χ1v) is 9.54. The van der Waals surface area contributed by atoms with Gasteiger partial charge in [0, 0.05) is 18.8 Å². The summed E-state index contributed by atoms with van der Waals surface area (Å²) < 4.78 is 22.6. The van der Waals surface area contributed by atoms with Crippen LogP contribution in [-0.4, -0.2) is 56.2 Å². The molecule has 2 rings (SSSR count). The zero-order valence-corrected chi connectivity index (χ0v) is 13.6. The topological polar surface area (TPSA) is 57.6 Å². The zero-order chi connectivity index (χ0) is 15.5. The SMILES string of the molecule is CN(CCS(C)(=O)=O)C1CC(c2ccccc2)CCC1O. The van der Waals surface area contributed by atoms with Gasteiger partial charge in [-0.2, -0.15) is 0 Å². The molecule has 3 unspecified atom stereocenters. The number of hydrogen-bond donors (Lipinski definition) is 1. The molecule has 0 bridgehead atoms. The first-order chi connectivity index (χ1) is 9.87. The summed E-state index contributed by atoms with van der Waals surface area (Å²) in [5, 5.41) is 10.2. The van der Waals surface area contributed by atoms with E-state index in [1.54, 1.807) is 0 Å². The third-order valence-electron chi connectivity index (χ3n) is 4.43. The lowest BCUT2D eigenvalue weighted by Crippen LogP contribution is -2.46. The molecule has 5 heteroatoms. The summed E-state index contributed by atoms with van der Waals surface area (Å²) in [6.45, 7) is 0.474. The number of sulfone groups is 1. The number of benzene rings is 1. The first kappa shape index (κ1) is 16.5. The largest absolute Gasteiger partial charge is 0.391 e. The van der Waals surface area contributed by atoms with Gasteiger partial charge in [0.05, 0.1) is 11.9 Å². The van der Waals surface area contributed by atoms with Crippen molar-refractivity contribution in [3.05, 3.63) is 35.9 Å². The highest BCUT2D eigenvalue weighted by atomic mass is 32.2. The van der Waals surface area contributed by atoms with Gasteiger partial charge in [-0.15, -0.1) is 0 Å². The molecule has 1 N–H and O–H groups in total. The Bertz CT molecular complexity index is 544. The van der Waals surface area contributed by atoms with Crippen LogP contribution in [0.15, 0.2) is 30.3 Å². The van der Waals surface area contributed by atoms with Gasteiger partial charge in [0.15, 0.2) is 0 Å². The molecule has 4 nitrogen and oxygen atoms in total. The molecule has 0 saturated heterocycles. The Morgan fingerprint density at radius 1 is 1.24 bits per heavy atom. The minimum Gasteiger partial charge on any atom is -0.391 e. The van der Waals surface area contributed by atoms with Gasteiger partial charge in [-0.25, -0.2) is 8.42 Å². The standard InChI is InChI=1S/C16H25NO3S/c1-17(10-11-21(2,19)20)15-12-14(8-9-16(15)18)13-6-4-3-5-7-13/h3-7,14-16,18H,8-12H2,1-2H3. The molecule has 0 aromatic heterocycles. The maximum atomic E-state index is 11.3. The van der Waals surface area contributed by atoms with E-state index in [9.17, 15) is 13.5 Å². The number of aliphatic hydroxyl groups excluding tert-OH is 1. The molecule has 1 aliphatic rings. The summed E-state index contributed by atoms with van der Waals surface area (Å²) in [5.74, 6) is 0.586. The van der Waals surface area contributed by atoms with Crippen molar-refractivity contribution < 1.29 is 13.5 Å². The third-order valence-corrected chi connectivity index (χ3v) is 5.36. The van der Waals surface area contributed by atoms with Crippen LogP contribution in [0.2, 0.25) is 0 Å².